The SMILES string of the molecule is C#CCNC(=O)CSc1nc(C)co1. The van der Waals surface area contributed by atoms with Gasteiger partial charge in [0.1, 0.15) is 6.26 Å². The zero-order valence-corrected chi connectivity index (χ0v) is 8.56. The third-order valence-corrected chi connectivity index (χ3v) is 2.15. The Balaban J connectivity index is 2.27. The zero-order valence-electron chi connectivity index (χ0n) is 7.74. The lowest BCUT2D eigenvalue weighted by atomic mass is 10.6. The number of nitrogens with zero attached hydrogens (tertiary/aromatic N) is 1. The van der Waals surface area contributed by atoms with Crippen molar-refractivity contribution >= 4 is 17.7 Å². The molecule has 1 rings (SSSR count). The first-order valence-electron chi connectivity index (χ1n) is 3.97. The molecule has 1 aromatic rings. The summed E-state index contributed by atoms with van der Waals surface area (Å²) in [4.78, 5) is 15.1. The third-order valence-electron chi connectivity index (χ3n) is 1.31. The highest BCUT2D eigenvalue weighted by Crippen LogP contribution is 2.15. The average molecular weight is 210 g/mol. The summed E-state index contributed by atoms with van der Waals surface area (Å²) in [6.07, 6.45) is 6.53. The standard InChI is InChI=1S/C9H10N2O2S/c1-3-4-10-8(12)6-14-9-11-7(2)5-13-9/h1,5H,4,6H2,2H3,(H,10,12). The van der Waals surface area contributed by atoms with Gasteiger partial charge >= 0.3 is 0 Å². The summed E-state index contributed by atoms with van der Waals surface area (Å²) in [6, 6.07) is 0. The summed E-state index contributed by atoms with van der Waals surface area (Å²) >= 11 is 1.24. The van der Waals surface area contributed by atoms with Crippen LogP contribution in [0.1, 0.15) is 5.69 Å². The molecule has 1 heterocycles. The van der Waals surface area contributed by atoms with Gasteiger partial charge in [-0.25, -0.2) is 4.98 Å². The summed E-state index contributed by atoms with van der Waals surface area (Å²) in [7, 11) is 0. The van der Waals surface area contributed by atoms with Gasteiger partial charge in [-0.3, -0.25) is 4.79 Å². The van der Waals surface area contributed by atoms with Crippen molar-refractivity contribution in [1.82, 2.24) is 10.3 Å². The van der Waals surface area contributed by atoms with Gasteiger partial charge in [0, 0.05) is 0 Å². The number of aryl methyl sites for hydroxylation is 1. The van der Waals surface area contributed by atoms with Gasteiger partial charge in [0.25, 0.3) is 5.22 Å². The molecule has 0 aliphatic rings. The van der Waals surface area contributed by atoms with Crippen molar-refractivity contribution in [2.75, 3.05) is 12.3 Å². The number of hydrogen-bond donors (Lipinski definition) is 1. The lowest BCUT2D eigenvalue weighted by Crippen LogP contribution is -2.25. The van der Waals surface area contributed by atoms with E-state index in [0.717, 1.165) is 5.69 Å². The Morgan fingerprint density at radius 2 is 2.64 bits per heavy atom. The molecule has 0 aliphatic carbocycles. The highest BCUT2D eigenvalue weighted by molar-refractivity contribution is 7.99. The van der Waals surface area contributed by atoms with Gasteiger partial charge < -0.3 is 9.73 Å². The third kappa shape index (κ3) is 3.54. The van der Waals surface area contributed by atoms with E-state index in [-0.39, 0.29) is 18.2 Å². The Labute approximate surface area is 86.5 Å². The highest BCUT2D eigenvalue weighted by atomic mass is 32.2. The number of rotatable bonds is 4. The maximum atomic E-state index is 11.1. The Hall–Kier alpha value is -1.41. The van der Waals surface area contributed by atoms with E-state index >= 15 is 0 Å². The van der Waals surface area contributed by atoms with Crippen molar-refractivity contribution in [1.29, 1.82) is 0 Å². The van der Waals surface area contributed by atoms with E-state index in [1.54, 1.807) is 6.26 Å². The first-order chi connectivity index (χ1) is 6.72. The van der Waals surface area contributed by atoms with Crippen molar-refractivity contribution < 1.29 is 9.21 Å². The van der Waals surface area contributed by atoms with Crippen molar-refractivity contribution in [3.63, 3.8) is 0 Å². The fourth-order valence-corrected chi connectivity index (χ4v) is 1.41. The van der Waals surface area contributed by atoms with Crippen LogP contribution in [-0.2, 0) is 4.79 Å². The van der Waals surface area contributed by atoms with Gasteiger partial charge in [0.15, 0.2) is 0 Å². The number of hydrogen-bond acceptors (Lipinski definition) is 4. The quantitative estimate of drug-likeness (QED) is 0.590. The van der Waals surface area contributed by atoms with Crippen LogP contribution < -0.4 is 5.32 Å². The molecule has 0 saturated carbocycles. The molecule has 0 atom stereocenters. The first-order valence-corrected chi connectivity index (χ1v) is 4.96. The molecule has 1 amide bonds. The summed E-state index contributed by atoms with van der Waals surface area (Å²) in [5.74, 6) is 2.46. The van der Waals surface area contributed by atoms with Crippen molar-refractivity contribution in [3.8, 4) is 12.3 Å². The van der Waals surface area contributed by atoms with Crippen LogP contribution in [0.5, 0.6) is 0 Å². The largest absolute Gasteiger partial charge is 0.440 e. The van der Waals surface area contributed by atoms with E-state index in [0.29, 0.717) is 5.22 Å². The minimum absolute atomic E-state index is 0.121. The lowest BCUT2D eigenvalue weighted by Gasteiger charge is -1.97. The van der Waals surface area contributed by atoms with E-state index in [2.05, 4.69) is 16.2 Å². The summed E-state index contributed by atoms with van der Waals surface area (Å²) in [5.41, 5.74) is 0.802. The number of oxazole rings is 1. The van der Waals surface area contributed by atoms with Gasteiger partial charge in [-0.15, -0.1) is 6.42 Å². The molecule has 0 fully saturated rings. The van der Waals surface area contributed by atoms with Gasteiger partial charge in [-0.1, -0.05) is 17.7 Å². The maximum absolute atomic E-state index is 11.1. The van der Waals surface area contributed by atoms with Crippen molar-refractivity contribution in [2.45, 2.75) is 12.1 Å². The molecule has 0 bridgehead atoms. The molecule has 14 heavy (non-hydrogen) atoms. The molecule has 4 nitrogen and oxygen atoms in total. The number of amides is 1. The summed E-state index contributed by atoms with van der Waals surface area (Å²) < 4.78 is 5.05. The summed E-state index contributed by atoms with van der Waals surface area (Å²) in [6.45, 7) is 2.08. The molecule has 5 heteroatoms. The van der Waals surface area contributed by atoms with Gasteiger partial charge in [0.2, 0.25) is 5.91 Å². The minimum atomic E-state index is -0.121. The summed E-state index contributed by atoms with van der Waals surface area (Å²) in [5, 5.41) is 3.04. The molecule has 0 saturated heterocycles. The van der Waals surface area contributed by atoms with Crippen LogP contribution in [0.3, 0.4) is 0 Å². The normalized spacial score (nSPS) is 9.43. The number of terminal acetylenes is 1. The second-order valence-electron chi connectivity index (χ2n) is 2.52. The molecule has 0 aliphatic heterocycles. The first kappa shape index (κ1) is 10.7. The molecule has 1 aromatic heterocycles. The molecule has 74 valence electrons. The Bertz CT molecular complexity index is 354. The zero-order chi connectivity index (χ0) is 10.4. The van der Waals surface area contributed by atoms with Gasteiger partial charge in [-0.05, 0) is 6.92 Å². The maximum Gasteiger partial charge on any atom is 0.256 e. The lowest BCUT2D eigenvalue weighted by molar-refractivity contribution is -0.118. The van der Waals surface area contributed by atoms with Crippen molar-refractivity contribution in [2.24, 2.45) is 0 Å². The van der Waals surface area contributed by atoms with Crippen LogP contribution in [0.4, 0.5) is 0 Å². The number of aromatic nitrogens is 1. The predicted octanol–water partition coefficient (Wildman–Crippen LogP) is 0.825. The van der Waals surface area contributed by atoms with E-state index < -0.39 is 0 Å². The van der Waals surface area contributed by atoms with Crippen LogP contribution in [0.2, 0.25) is 0 Å². The Morgan fingerprint density at radius 1 is 1.86 bits per heavy atom. The monoisotopic (exact) mass is 210 g/mol. The van der Waals surface area contributed by atoms with Crippen LogP contribution in [0.15, 0.2) is 15.9 Å². The topological polar surface area (TPSA) is 55.1 Å². The van der Waals surface area contributed by atoms with Crippen LogP contribution >= 0.6 is 11.8 Å². The van der Waals surface area contributed by atoms with E-state index in [1.807, 2.05) is 6.92 Å². The second-order valence-corrected chi connectivity index (χ2v) is 3.45. The number of thioether (sulfide) groups is 1. The van der Waals surface area contributed by atoms with Gasteiger partial charge in [-0.2, -0.15) is 0 Å². The minimum Gasteiger partial charge on any atom is -0.440 e. The number of nitrogens with one attached hydrogen (secondary N) is 1. The van der Waals surface area contributed by atoms with Crippen molar-refractivity contribution in [3.05, 3.63) is 12.0 Å². The van der Waals surface area contributed by atoms with Crippen LogP contribution in [-0.4, -0.2) is 23.2 Å². The fraction of sp³-hybridized carbons (Fsp3) is 0.333. The predicted molar refractivity (Wildman–Crippen MR) is 53.8 cm³/mol. The highest BCUT2D eigenvalue weighted by Gasteiger charge is 2.05. The van der Waals surface area contributed by atoms with Crippen LogP contribution in [0.25, 0.3) is 0 Å². The molecular formula is C9H10N2O2S. The van der Waals surface area contributed by atoms with E-state index in [9.17, 15) is 4.79 Å². The molecule has 0 aromatic carbocycles. The fourth-order valence-electron chi connectivity index (χ4n) is 0.727. The number of carbonyl (C=O) groups is 1. The van der Waals surface area contributed by atoms with Crippen LogP contribution in [0, 0.1) is 19.3 Å². The molecule has 0 radical (unpaired) electrons. The van der Waals surface area contributed by atoms with Gasteiger partial charge in [0.05, 0.1) is 18.0 Å². The Kier molecular flexibility index (Phi) is 4.08. The average Bonchev–Trinajstić information content (AvgIpc) is 2.58. The van der Waals surface area contributed by atoms with E-state index in [4.69, 9.17) is 10.8 Å². The van der Waals surface area contributed by atoms with E-state index in [1.165, 1.54) is 11.8 Å². The smallest absolute Gasteiger partial charge is 0.256 e. The Morgan fingerprint density at radius 3 is 3.21 bits per heavy atom. The molecular weight excluding hydrogens is 200 g/mol. The molecule has 0 unspecified atom stereocenters. The molecule has 1 N–H and O–H groups in total. The number of carbonyl (C=O) groups excluding carboxylic acids is 1. The second kappa shape index (κ2) is 5.35. The molecule has 0 spiro atoms.